The number of hydrogen-bond acceptors (Lipinski definition) is 5. The number of aliphatic hydroxyl groups is 2. The number of carbonyl (C=O) groups is 2. The lowest BCUT2D eigenvalue weighted by Gasteiger charge is -2.20. The maximum absolute atomic E-state index is 12.5. The largest absolute Gasteiger partial charge is 0.466 e. The van der Waals surface area contributed by atoms with Gasteiger partial charge in [0.1, 0.15) is 0 Å². The van der Waals surface area contributed by atoms with Gasteiger partial charge in [-0.15, -0.1) is 0 Å². The van der Waals surface area contributed by atoms with Crippen LogP contribution in [-0.4, -0.2) is 47.4 Å². The van der Waals surface area contributed by atoms with Gasteiger partial charge in [-0.25, -0.2) is 0 Å². The molecule has 6 nitrogen and oxygen atoms in total. The number of amides is 1. The van der Waals surface area contributed by atoms with E-state index in [0.717, 1.165) is 57.8 Å². The van der Waals surface area contributed by atoms with Gasteiger partial charge in [-0.2, -0.15) is 0 Å². The quantitative estimate of drug-likeness (QED) is 0.0321. The Hall–Kier alpha value is -1.40. The zero-order chi connectivity index (χ0) is 45.1. The van der Waals surface area contributed by atoms with Crippen LogP contribution in [0.5, 0.6) is 0 Å². The molecule has 368 valence electrons. The predicted molar refractivity (Wildman–Crippen MR) is 269 cm³/mol. The van der Waals surface area contributed by atoms with Gasteiger partial charge in [0.05, 0.1) is 25.4 Å². The minimum absolute atomic E-state index is 0.0109. The molecule has 0 aliphatic heterocycles. The third kappa shape index (κ3) is 48.1. The minimum atomic E-state index is -0.856. The zero-order valence-corrected chi connectivity index (χ0v) is 41.9. The van der Waals surface area contributed by atoms with Crippen LogP contribution in [0.2, 0.25) is 0 Å². The zero-order valence-electron chi connectivity index (χ0n) is 41.9. The van der Waals surface area contributed by atoms with Gasteiger partial charge in [0.25, 0.3) is 0 Å². The van der Waals surface area contributed by atoms with Gasteiger partial charge < -0.3 is 20.3 Å². The lowest BCUT2D eigenvalue weighted by Crippen LogP contribution is -2.45. The fraction of sp³-hybridized carbons (Fsp3) is 0.929. The van der Waals surface area contributed by atoms with Crippen molar-refractivity contribution in [3.63, 3.8) is 0 Å². The van der Waals surface area contributed by atoms with E-state index in [0.29, 0.717) is 19.4 Å². The summed E-state index contributed by atoms with van der Waals surface area (Å²) in [6.07, 6.45) is 60.8. The van der Waals surface area contributed by atoms with E-state index in [1.807, 2.05) is 6.08 Å². The Bertz CT molecular complexity index is 924. The van der Waals surface area contributed by atoms with Crippen molar-refractivity contribution in [2.75, 3.05) is 13.2 Å². The van der Waals surface area contributed by atoms with Crippen molar-refractivity contribution in [2.45, 2.75) is 321 Å². The smallest absolute Gasteiger partial charge is 0.305 e. The van der Waals surface area contributed by atoms with Gasteiger partial charge in [0.2, 0.25) is 5.91 Å². The Morgan fingerprint density at radius 2 is 0.742 bits per heavy atom. The summed E-state index contributed by atoms with van der Waals surface area (Å²) in [5.74, 6) is -0.0949. The van der Waals surface area contributed by atoms with Crippen LogP contribution < -0.4 is 5.32 Å². The van der Waals surface area contributed by atoms with Crippen molar-refractivity contribution in [3.05, 3.63) is 12.2 Å². The first-order valence-corrected chi connectivity index (χ1v) is 28.0. The minimum Gasteiger partial charge on any atom is -0.466 e. The molecule has 1 amide bonds. The number of hydrogen-bond donors (Lipinski definition) is 3. The van der Waals surface area contributed by atoms with Crippen LogP contribution >= 0.6 is 0 Å². The summed E-state index contributed by atoms with van der Waals surface area (Å²) < 4.78 is 5.47. The third-order valence-corrected chi connectivity index (χ3v) is 13.1. The summed E-state index contributed by atoms with van der Waals surface area (Å²) in [6.45, 7) is 4.88. The fourth-order valence-electron chi connectivity index (χ4n) is 8.75. The van der Waals surface area contributed by atoms with Gasteiger partial charge in [0, 0.05) is 12.8 Å². The highest BCUT2D eigenvalue weighted by Crippen LogP contribution is 2.17. The first kappa shape index (κ1) is 60.6. The van der Waals surface area contributed by atoms with Gasteiger partial charge in [-0.3, -0.25) is 9.59 Å². The van der Waals surface area contributed by atoms with E-state index in [-0.39, 0.29) is 18.5 Å². The van der Waals surface area contributed by atoms with Gasteiger partial charge in [-0.05, 0) is 32.1 Å². The first-order valence-electron chi connectivity index (χ1n) is 28.0. The first-order chi connectivity index (χ1) is 30.5. The molecule has 0 saturated heterocycles. The maximum Gasteiger partial charge on any atom is 0.305 e. The van der Waals surface area contributed by atoms with Crippen molar-refractivity contribution < 1.29 is 24.5 Å². The van der Waals surface area contributed by atoms with Crippen LogP contribution in [0.4, 0.5) is 0 Å². The van der Waals surface area contributed by atoms with E-state index in [1.54, 1.807) is 6.08 Å². The van der Waals surface area contributed by atoms with Crippen molar-refractivity contribution in [3.8, 4) is 0 Å². The number of esters is 1. The molecular formula is C56H109NO5. The summed E-state index contributed by atoms with van der Waals surface area (Å²) in [7, 11) is 0. The molecule has 6 heteroatoms. The Kier molecular flexibility index (Phi) is 51.0. The number of carbonyl (C=O) groups excluding carboxylic acids is 2. The molecule has 0 aliphatic carbocycles. The van der Waals surface area contributed by atoms with Crippen molar-refractivity contribution in [2.24, 2.45) is 0 Å². The molecule has 0 aromatic carbocycles. The molecule has 0 aromatic heterocycles. The summed E-state index contributed by atoms with van der Waals surface area (Å²) in [5, 5.41) is 23.1. The molecule has 0 spiro atoms. The number of rotatable bonds is 52. The molecule has 0 bridgehead atoms. The van der Waals surface area contributed by atoms with Crippen molar-refractivity contribution in [1.29, 1.82) is 0 Å². The molecule has 3 N–H and O–H groups in total. The van der Waals surface area contributed by atoms with Crippen molar-refractivity contribution in [1.82, 2.24) is 5.32 Å². The highest BCUT2D eigenvalue weighted by molar-refractivity contribution is 5.76. The molecule has 0 fully saturated rings. The van der Waals surface area contributed by atoms with E-state index in [1.165, 1.54) is 225 Å². The molecule has 0 aromatic rings. The SMILES string of the molecule is CCCCCCCCCCCCCCCCC/C=C/C(O)C(CO)NC(=O)CCCCCCCCCCCCCOC(=O)CCCCCCCCCCCCCCCCCCC. The Morgan fingerprint density at radius 1 is 0.435 bits per heavy atom. The highest BCUT2D eigenvalue weighted by atomic mass is 16.5. The van der Waals surface area contributed by atoms with Crippen LogP contribution in [0.25, 0.3) is 0 Å². The van der Waals surface area contributed by atoms with Crippen LogP contribution in [0, 0.1) is 0 Å². The van der Waals surface area contributed by atoms with E-state index >= 15 is 0 Å². The second kappa shape index (κ2) is 52.2. The second-order valence-corrected chi connectivity index (χ2v) is 19.3. The Labute approximate surface area is 387 Å². The predicted octanol–water partition coefficient (Wildman–Crippen LogP) is 16.9. The molecule has 0 aliphatic rings. The standard InChI is InChI=1S/C56H109NO5/c1-3-5-7-9-11-13-15-17-19-21-23-25-28-32-36-40-44-48-54(59)53(52-58)57-55(60)49-45-41-37-33-29-27-31-35-39-43-47-51-62-56(61)50-46-42-38-34-30-26-24-22-20-18-16-14-12-10-8-6-4-2/h44,48,53-54,58-59H,3-43,45-47,49-52H2,1-2H3,(H,57,60)/b48-44+. The fourth-order valence-corrected chi connectivity index (χ4v) is 8.75. The molecule has 62 heavy (non-hydrogen) atoms. The molecule has 0 saturated carbocycles. The van der Waals surface area contributed by atoms with Gasteiger partial charge in [-0.1, -0.05) is 276 Å². The van der Waals surface area contributed by atoms with E-state index < -0.39 is 12.1 Å². The Balaban J connectivity index is 3.47. The van der Waals surface area contributed by atoms with Crippen LogP contribution in [0.1, 0.15) is 309 Å². The summed E-state index contributed by atoms with van der Waals surface area (Å²) in [4.78, 5) is 24.5. The molecule has 2 unspecified atom stereocenters. The molecule has 0 heterocycles. The molecule has 0 rings (SSSR count). The second-order valence-electron chi connectivity index (χ2n) is 19.3. The Morgan fingerprint density at radius 3 is 1.10 bits per heavy atom. The summed E-state index contributed by atoms with van der Waals surface area (Å²) in [5.41, 5.74) is 0. The molecule has 0 radical (unpaired) electrons. The van der Waals surface area contributed by atoms with E-state index in [9.17, 15) is 19.8 Å². The lowest BCUT2D eigenvalue weighted by atomic mass is 10.0. The normalized spacial score (nSPS) is 12.6. The number of allylic oxidation sites excluding steroid dienone is 1. The van der Waals surface area contributed by atoms with Crippen LogP contribution in [0.3, 0.4) is 0 Å². The van der Waals surface area contributed by atoms with Gasteiger partial charge >= 0.3 is 5.97 Å². The maximum atomic E-state index is 12.5. The van der Waals surface area contributed by atoms with Gasteiger partial charge in [0.15, 0.2) is 0 Å². The topological polar surface area (TPSA) is 95.9 Å². The van der Waals surface area contributed by atoms with Crippen LogP contribution in [-0.2, 0) is 14.3 Å². The van der Waals surface area contributed by atoms with Crippen molar-refractivity contribution >= 4 is 11.9 Å². The highest BCUT2D eigenvalue weighted by Gasteiger charge is 2.18. The van der Waals surface area contributed by atoms with E-state index in [2.05, 4.69) is 19.2 Å². The monoisotopic (exact) mass is 876 g/mol. The molecule has 2 atom stereocenters. The third-order valence-electron chi connectivity index (χ3n) is 13.1. The summed E-state index contributed by atoms with van der Waals surface area (Å²) >= 11 is 0. The average Bonchev–Trinajstić information content (AvgIpc) is 3.27. The number of ether oxygens (including phenoxy) is 1. The number of nitrogens with one attached hydrogen (secondary N) is 1. The number of aliphatic hydroxyl groups excluding tert-OH is 2. The number of unbranched alkanes of at least 4 members (excludes halogenated alkanes) is 41. The van der Waals surface area contributed by atoms with E-state index in [4.69, 9.17) is 4.74 Å². The van der Waals surface area contributed by atoms with Crippen LogP contribution in [0.15, 0.2) is 12.2 Å². The average molecular weight is 876 g/mol. The lowest BCUT2D eigenvalue weighted by molar-refractivity contribution is -0.143. The molecular weight excluding hydrogens is 767 g/mol. The summed E-state index contributed by atoms with van der Waals surface area (Å²) in [6, 6.07) is -0.641.